The van der Waals surface area contributed by atoms with Crippen LogP contribution in [-0.2, 0) is 11.2 Å². The van der Waals surface area contributed by atoms with Gasteiger partial charge in [0.25, 0.3) is 0 Å². The molecule has 5 rings (SSSR count). The Morgan fingerprint density at radius 3 is 2.40 bits per heavy atom. The predicted octanol–water partition coefficient (Wildman–Crippen LogP) is 7.13. The van der Waals surface area contributed by atoms with Crippen LogP contribution in [0.5, 0.6) is 11.5 Å². The first-order chi connectivity index (χ1) is 22.4. The summed E-state index contributed by atoms with van der Waals surface area (Å²) in [4.78, 5) is 35.8. The molecular formula is C33H33F3N6O4S. The zero-order valence-electron chi connectivity index (χ0n) is 26.1. The van der Waals surface area contributed by atoms with Crippen LogP contribution in [0.2, 0.25) is 0 Å². The maximum atomic E-state index is 12.9. The SMILES string of the molecule is COc1ccc(C(C)C)c(N2C(=O)CSC2=NC(=O)NC(C)CCc2ccc(-c3ncn(-c4ccc(OC(F)(F)F)cc4)n3)cc2)c1. The molecular weight excluding hydrogens is 633 g/mol. The molecule has 1 unspecified atom stereocenters. The van der Waals surface area contributed by atoms with Crippen LogP contribution < -0.4 is 19.7 Å². The van der Waals surface area contributed by atoms with E-state index in [0.29, 0.717) is 41.0 Å². The molecule has 10 nitrogen and oxygen atoms in total. The summed E-state index contributed by atoms with van der Waals surface area (Å²) >= 11 is 1.23. The topological polar surface area (TPSA) is 111 Å². The largest absolute Gasteiger partial charge is 0.573 e. The van der Waals surface area contributed by atoms with Crippen LogP contribution in [0.25, 0.3) is 17.1 Å². The Labute approximate surface area is 274 Å². The third kappa shape index (κ3) is 8.50. The minimum atomic E-state index is -4.76. The lowest BCUT2D eigenvalue weighted by molar-refractivity contribution is -0.274. The van der Waals surface area contributed by atoms with Crippen molar-refractivity contribution in [2.45, 2.75) is 51.9 Å². The highest BCUT2D eigenvalue weighted by Gasteiger charge is 2.33. The van der Waals surface area contributed by atoms with Crippen LogP contribution in [0.3, 0.4) is 0 Å². The minimum Gasteiger partial charge on any atom is -0.497 e. The fourth-order valence-electron chi connectivity index (χ4n) is 4.94. The van der Waals surface area contributed by atoms with Gasteiger partial charge in [-0.2, -0.15) is 4.99 Å². The number of thioether (sulfide) groups is 1. The second-order valence-corrected chi connectivity index (χ2v) is 12.1. The third-order valence-electron chi connectivity index (χ3n) is 7.34. The summed E-state index contributed by atoms with van der Waals surface area (Å²) in [5, 5.41) is 7.67. The number of benzene rings is 3. The number of urea groups is 1. The lowest BCUT2D eigenvalue weighted by Crippen LogP contribution is -2.34. The van der Waals surface area contributed by atoms with Gasteiger partial charge in [0.1, 0.15) is 17.8 Å². The van der Waals surface area contributed by atoms with Crippen LogP contribution >= 0.6 is 11.8 Å². The molecule has 0 bridgehead atoms. The number of methoxy groups -OCH3 is 1. The number of halogens is 3. The van der Waals surface area contributed by atoms with E-state index in [1.165, 1.54) is 51.9 Å². The number of alkyl halides is 3. The van der Waals surface area contributed by atoms with E-state index >= 15 is 0 Å². The molecule has 2 heterocycles. The Balaban J connectivity index is 1.17. The highest BCUT2D eigenvalue weighted by molar-refractivity contribution is 8.15. The van der Waals surface area contributed by atoms with E-state index < -0.39 is 12.4 Å². The Morgan fingerprint density at radius 1 is 1.04 bits per heavy atom. The monoisotopic (exact) mass is 666 g/mol. The van der Waals surface area contributed by atoms with Gasteiger partial charge in [-0.05, 0) is 67.1 Å². The van der Waals surface area contributed by atoms with Crippen molar-refractivity contribution in [3.05, 3.63) is 84.2 Å². The maximum absolute atomic E-state index is 12.9. The van der Waals surface area contributed by atoms with E-state index in [-0.39, 0.29) is 29.4 Å². The summed E-state index contributed by atoms with van der Waals surface area (Å²) in [6, 6.07) is 17.9. The number of rotatable bonds is 10. The van der Waals surface area contributed by atoms with Crippen LogP contribution in [-0.4, -0.2) is 57.1 Å². The fourth-order valence-corrected chi connectivity index (χ4v) is 5.80. The molecule has 0 saturated carbocycles. The number of carbonyl (C=O) groups excluding carboxylic acids is 2. The number of hydrogen-bond acceptors (Lipinski definition) is 7. The van der Waals surface area contributed by atoms with Gasteiger partial charge in [0.05, 0.1) is 24.2 Å². The van der Waals surface area contributed by atoms with Gasteiger partial charge < -0.3 is 14.8 Å². The smallest absolute Gasteiger partial charge is 0.497 e. The van der Waals surface area contributed by atoms with Gasteiger partial charge in [-0.3, -0.25) is 9.69 Å². The van der Waals surface area contributed by atoms with E-state index in [9.17, 15) is 22.8 Å². The molecule has 1 saturated heterocycles. The lowest BCUT2D eigenvalue weighted by atomic mass is 10.00. The second-order valence-electron chi connectivity index (χ2n) is 11.1. The van der Waals surface area contributed by atoms with Gasteiger partial charge >= 0.3 is 12.4 Å². The Bertz CT molecular complexity index is 1760. The van der Waals surface area contributed by atoms with E-state index in [1.54, 1.807) is 13.2 Å². The molecule has 47 heavy (non-hydrogen) atoms. The van der Waals surface area contributed by atoms with Crippen molar-refractivity contribution in [3.8, 4) is 28.6 Å². The zero-order chi connectivity index (χ0) is 33.7. The summed E-state index contributed by atoms with van der Waals surface area (Å²) in [6.07, 6.45) is -1.94. The number of amidine groups is 1. The molecule has 1 atom stereocenters. The molecule has 3 aromatic carbocycles. The average Bonchev–Trinajstić information content (AvgIpc) is 3.66. The van der Waals surface area contributed by atoms with Crippen molar-refractivity contribution in [1.29, 1.82) is 0 Å². The number of aromatic nitrogens is 3. The third-order valence-corrected chi connectivity index (χ3v) is 8.26. The van der Waals surface area contributed by atoms with E-state index in [1.807, 2.05) is 57.2 Å². The normalized spacial score (nSPS) is 14.9. The molecule has 14 heteroatoms. The molecule has 246 valence electrons. The first kappa shape index (κ1) is 33.5. The molecule has 1 aromatic heterocycles. The number of nitrogens with one attached hydrogen (secondary N) is 1. The second kappa shape index (κ2) is 14.3. The predicted molar refractivity (Wildman–Crippen MR) is 174 cm³/mol. The number of hydrogen-bond donors (Lipinski definition) is 1. The number of anilines is 1. The van der Waals surface area contributed by atoms with Gasteiger partial charge in [0.15, 0.2) is 11.0 Å². The Hall–Kier alpha value is -4.85. The summed E-state index contributed by atoms with van der Waals surface area (Å²) in [7, 11) is 1.56. The number of carbonyl (C=O) groups is 2. The van der Waals surface area contributed by atoms with E-state index in [0.717, 1.165) is 16.7 Å². The van der Waals surface area contributed by atoms with Crippen LogP contribution in [0.1, 0.15) is 44.2 Å². The summed E-state index contributed by atoms with van der Waals surface area (Å²) < 4.78 is 48.0. The van der Waals surface area contributed by atoms with Crippen molar-refractivity contribution in [3.63, 3.8) is 0 Å². The molecule has 1 fully saturated rings. The molecule has 1 N–H and O–H groups in total. The zero-order valence-corrected chi connectivity index (χ0v) is 26.9. The first-order valence-corrected chi connectivity index (χ1v) is 15.8. The molecule has 1 aliphatic rings. The van der Waals surface area contributed by atoms with E-state index in [4.69, 9.17) is 4.74 Å². The van der Waals surface area contributed by atoms with Crippen molar-refractivity contribution in [1.82, 2.24) is 20.1 Å². The number of aliphatic imine (C=N–C) groups is 1. The highest BCUT2D eigenvalue weighted by Crippen LogP contribution is 2.36. The van der Waals surface area contributed by atoms with Gasteiger partial charge in [-0.15, -0.1) is 18.3 Å². The fraction of sp³-hybridized carbons (Fsp3) is 0.303. The Morgan fingerprint density at radius 2 is 1.74 bits per heavy atom. The molecule has 3 amide bonds. The molecule has 0 spiro atoms. The van der Waals surface area contributed by atoms with Gasteiger partial charge in [0, 0.05) is 17.7 Å². The van der Waals surface area contributed by atoms with Crippen LogP contribution in [0.15, 0.2) is 78.0 Å². The number of aryl methyl sites for hydroxylation is 1. The number of amides is 3. The minimum absolute atomic E-state index is 0.142. The maximum Gasteiger partial charge on any atom is 0.573 e. The van der Waals surface area contributed by atoms with Gasteiger partial charge in [-0.25, -0.2) is 14.5 Å². The van der Waals surface area contributed by atoms with Crippen LogP contribution in [0, 0.1) is 0 Å². The van der Waals surface area contributed by atoms with Crippen molar-refractivity contribution in [2.75, 3.05) is 17.8 Å². The lowest BCUT2D eigenvalue weighted by Gasteiger charge is -2.22. The summed E-state index contributed by atoms with van der Waals surface area (Å²) in [6.45, 7) is 5.97. The van der Waals surface area contributed by atoms with Crippen molar-refractivity contribution >= 4 is 34.6 Å². The molecule has 0 aliphatic carbocycles. The van der Waals surface area contributed by atoms with Gasteiger partial charge in [-0.1, -0.05) is 55.9 Å². The highest BCUT2D eigenvalue weighted by atomic mass is 32.2. The molecule has 4 aromatic rings. The Kier molecular flexibility index (Phi) is 10.2. The standard InChI is InChI=1S/C33H33F3N6O4S/c1-20(2)27-16-15-26(45-4)17-28(27)42-29(43)18-47-32(42)39-31(44)38-21(3)5-6-22-7-9-23(10-8-22)30-37-19-41(40-30)24-11-13-25(14-12-24)46-33(34,35)36/h7-17,19-21H,5-6,18H2,1-4H3,(H,38,44). The molecule has 0 radical (unpaired) electrons. The average molecular weight is 667 g/mol. The summed E-state index contributed by atoms with van der Waals surface area (Å²) in [5.41, 5.74) is 3.96. The van der Waals surface area contributed by atoms with Crippen molar-refractivity contribution in [2.24, 2.45) is 4.99 Å². The summed E-state index contributed by atoms with van der Waals surface area (Å²) in [5.74, 6) is 0.930. The van der Waals surface area contributed by atoms with Crippen LogP contribution in [0.4, 0.5) is 23.7 Å². The van der Waals surface area contributed by atoms with Gasteiger partial charge in [0.2, 0.25) is 5.91 Å². The van der Waals surface area contributed by atoms with E-state index in [2.05, 4.69) is 25.1 Å². The van der Waals surface area contributed by atoms with Crippen molar-refractivity contribution < 1.29 is 32.2 Å². The number of nitrogens with zero attached hydrogens (tertiary/aromatic N) is 5. The molecule has 1 aliphatic heterocycles. The first-order valence-electron chi connectivity index (χ1n) is 14.8. The quantitative estimate of drug-likeness (QED) is 0.192. The number of ether oxygens (including phenoxy) is 2.